The Hall–Kier alpha value is -4.34. The van der Waals surface area contributed by atoms with Crippen molar-refractivity contribution in [2.45, 2.75) is 57.1 Å². The number of carbonyl (C=O) groups excluding carboxylic acids is 1. The molecule has 2 N–H and O–H groups in total. The Bertz CT molecular complexity index is 1880. The van der Waals surface area contributed by atoms with E-state index in [1.165, 1.54) is 12.1 Å². The molecule has 43 heavy (non-hydrogen) atoms. The first-order chi connectivity index (χ1) is 20.6. The second-order valence-corrected chi connectivity index (χ2v) is 13.4. The standard InChI is InChI=1S/C37H34FN3OS/c1-22-16-25(21-43-27-14-12-26(38)13-15-27)23(2)29(17-22)34-30(20-39)36(40)41(32-18-37(3,4)19-33(42)35(32)34)31-11-7-9-24-8-5-6-10-28(24)31/h5-17,34H,18-19,21,40H2,1-4H3. The molecule has 216 valence electrons. The van der Waals surface area contributed by atoms with E-state index in [9.17, 15) is 14.4 Å². The Morgan fingerprint density at radius 3 is 2.49 bits per heavy atom. The average Bonchev–Trinajstić information content (AvgIpc) is 2.97. The van der Waals surface area contributed by atoms with Gasteiger partial charge in [-0.15, -0.1) is 11.8 Å². The van der Waals surface area contributed by atoms with Crippen LogP contribution in [0.15, 0.2) is 106 Å². The number of nitrogens with zero attached hydrogens (tertiary/aromatic N) is 2. The number of nitrogens with two attached hydrogens (primary N) is 1. The molecular weight excluding hydrogens is 553 g/mol. The molecule has 0 bridgehead atoms. The Labute approximate surface area is 256 Å². The first-order valence-electron chi connectivity index (χ1n) is 14.5. The van der Waals surface area contributed by atoms with Crippen molar-refractivity contribution >= 4 is 34.0 Å². The van der Waals surface area contributed by atoms with E-state index in [0.29, 0.717) is 35.6 Å². The number of thioether (sulfide) groups is 1. The van der Waals surface area contributed by atoms with Crippen molar-refractivity contribution in [1.29, 1.82) is 5.26 Å². The quantitative estimate of drug-likeness (QED) is 0.236. The van der Waals surface area contributed by atoms with Gasteiger partial charge in [0, 0.05) is 33.7 Å². The second kappa shape index (κ2) is 11.1. The summed E-state index contributed by atoms with van der Waals surface area (Å²) in [5, 5.41) is 12.7. The molecular formula is C37H34FN3OS. The van der Waals surface area contributed by atoms with Crippen LogP contribution in [0.5, 0.6) is 0 Å². The molecule has 6 rings (SSSR count). The normalized spacial score (nSPS) is 18.2. The van der Waals surface area contributed by atoms with Crippen molar-refractivity contribution in [3.63, 3.8) is 0 Å². The van der Waals surface area contributed by atoms with E-state index >= 15 is 0 Å². The van der Waals surface area contributed by atoms with Crippen molar-refractivity contribution in [2.75, 3.05) is 4.90 Å². The average molecular weight is 588 g/mol. The zero-order valence-electron chi connectivity index (χ0n) is 24.9. The van der Waals surface area contributed by atoms with Gasteiger partial charge in [-0.1, -0.05) is 67.9 Å². The number of halogens is 1. The third-order valence-corrected chi connectivity index (χ3v) is 9.67. The molecule has 0 saturated carbocycles. The maximum absolute atomic E-state index is 14.2. The van der Waals surface area contributed by atoms with E-state index in [4.69, 9.17) is 5.73 Å². The lowest BCUT2D eigenvalue weighted by Gasteiger charge is -2.44. The van der Waals surface area contributed by atoms with Crippen LogP contribution in [0.1, 0.15) is 54.9 Å². The van der Waals surface area contributed by atoms with Crippen molar-refractivity contribution in [3.8, 4) is 6.07 Å². The van der Waals surface area contributed by atoms with Gasteiger partial charge in [0.2, 0.25) is 0 Å². The minimum Gasteiger partial charge on any atom is -0.384 e. The largest absolute Gasteiger partial charge is 0.384 e. The van der Waals surface area contributed by atoms with Crippen molar-refractivity contribution < 1.29 is 9.18 Å². The van der Waals surface area contributed by atoms with Gasteiger partial charge in [0.15, 0.2) is 5.78 Å². The number of fused-ring (bicyclic) bond motifs is 1. The van der Waals surface area contributed by atoms with E-state index in [1.807, 2.05) is 36.1 Å². The molecule has 4 nitrogen and oxygen atoms in total. The number of hydrogen-bond acceptors (Lipinski definition) is 5. The van der Waals surface area contributed by atoms with E-state index in [2.05, 4.69) is 57.2 Å². The smallest absolute Gasteiger partial charge is 0.162 e. The number of benzene rings is 4. The van der Waals surface area contributed by atoms with E-state index in [-0.39, 0.29) is 17.0 Å². The van der Waals surface area contributed by atoms with Gasteiger partial charge in [-0.25, -0.2) is 4.39 Å². The van der Waals surface area contributed by atoms with Gasteiger partial charge in [0.05, 0.1) is 23.2 Å². The minimum absolute atomic E-state index is 0.0601. The minimum atomic E-state index is -0.552. The lowest BCUT2D eigenvalue weighted by atomic mass is 9.68. The summed E-state index contributed by atoms with van der Waals surface area (Å²) in [5.41, 5.74) is 13.7. The highest BCUT2D eigenvalue weighted by Gasteiger charge is 2.45. The monoisotopic (exact) mass is 587 g/mol. The second-order valence-electron chi connectivity index (χ2n) is 12.4. The number of carbonyl (C=O) groups is 1. The number of allylic oxidation sites excluding steroid dienone is 3. The number of Topliss-reactive ketones (excluding diaryl/α,β-unsaturated/α-hetero) is 1. The predicted molar refractivity (Wildman–Crippen MR) is 173 cm³/mol. The third kappa shape index (κ3) is 5.23. The Balaban J connectivity index is 1.53. The molecule has 1 atom stereocenters. The molecule has 1 aliphatic carbocycles. The van der Waals surface area contributed by atoms with Gasteiger partial charge >= 0.3 is 0 Å². The number of ketones is 1. The molecule has 4 aromatic rings. The fourth-order valence-corrected chi connectivity index (χ4v) is 7.55. The Morgan fingerprint density at radius 2 is 1.74 bits per heavy atom. The summed E-state index contributed by atoms with van der Waals surface area (Å²) in [4.78, 5) is 17.1. The number of aryl methyl sites for hydroxylation is 1. The lowest BCUT2D eigenvalue weighted by molar-refractivity contribution is -0.118. The van der Waals surface area contributed by atoms with Gasteiger partial charge < -0.3 is 5.73 Å². The maximum Gasteiger partial charge on any atom is 0.162 e. The van der Waals surface area contributed by atoms with Crippen LogP contribution in [-0.2, 0) is 10.5 Å². The fraction of sp³-hybridized carbons (Fsp3) is 0.243. The predicted octanol–water partition coefficient (Wildman–Crippen LogP) is 8.83. The number of nitriles is 1. The molecule has 0 spiro atoms. The van der Waals surface area contributed by atoms with E-state index in [1.54, 1.807) is 23.9 Å². The highest BCUT2D eigenvalue weighted by Crippen LogP contribution is 2.51. The molecule has 2 aliphatic rings. The van der Waals surface area contributed by atoms with Crippen LogP contribution in [0.3, 0.4) is 0 Å². The van der Waals surface area contributed by atoms with E-state index in [0.717, 1.165) is 49.3 Å². The van der Waals surface area contributed by atoms with Crippen LogP contribution in [0.4, 0.5) is 10.1 Å². The molecule has 0 fully saturated rings. The fourth-order valence-electron chi connectivity index (χ4n) is 6.60. The lowest BCUT2D eigenvalue weighted by Crippen LogP contribution is -2.42. The van der Waals surface area contributed by atoms with Gasteiger partial charge in [0.25, 0.3) is 0 Å². The topological polar surface area (TPSA) is 70.1 Å². The van der Waals surface area contributed by atoms with Crippen LogP contribution in [0, 0.1) is 36.4 Å². The van der Waals surface area contributed by atoms with Crippen molar-refractivity contribution in [3.05, 3.63) is 130 Å². The van der Waals surface area contributed by atoms with Crippen molar-refractivity contribution in [1.82, 2.24) is 0 Å². The van der Waals surface area contributed by atoms with Crippen LogP contribution in [-0.4, -0.2) is 5.78 Å². The summed E-state index contributed by atoms with van der Waals surface area (Å²) in [6, 6.07) is 27.4. The molecule has 1 unspecified atom stereocenters. The summed E-state index contributed by atoms with van der Waals surface area (Å²) in [6.07, 6.45) is 1.06. The first-order valence-corrected chi connectivity index (χ1v) is 15.5. The summed E-state index contributed by atoms with van der Waals surface area (Å²) < 4.78 is 13.5. The number of anilines is 1. The number of rotatable bonds is 5. The highest BCUT2D eigenvalue weighted by molar-refractivity contribution is 7.98. The SMILES string of the molecule is Cc1cc(CSc2ccc(F)cc2)c(C)c(C2C(C#N)=C(N)N(c3cccc4ccccc34)C3=C2C(=O)CC(C)(C)C3)c1. The van der Waals surface area contributed by atoms with Crippen LogP contribution in [0.2, 0.25) is 0 Å². The van der Waals surface area contributed by atoms with Crippen LogP contribution in [0.25, 0.3) is 10.8 Å². The molecule has 0 amide bonds. The molecule has 1 heterocycles. The van der Waals surface area contributed by atoms with Gasteiger partial charge in [-0.2, -0.15) is 5.26 Å². The summed E-state index contributed by atoms with van der Waals surface area (Å²) >= 11 is 1.63. The molecule has 1 aliphatic heterocycles. The van der Waals surface area contributed by atoms with Crippen LogP contribution < -0.4 is 10.6 Å². The first kappa shape index (κ1) is 28.8. The third-order valence-electron chi connectivity index (χ3n) is 8.61. The van der Waals surface area contributed by atoms with Crippen molar-refractivity contribution in [2.24, 2.45) is 11.1 Å². The number of hydrogen-bond donors (Lipinski definition) is 1. The van der Waals surface area contributed by atoms with E-state index < -0.39 is 5.92 Å². The Morgan fingerprint density at radius 1 is 1.02 bits per heavy atom. The van der Waals surface area contributed by atoms with Gasteiger partial charge in [0.1, 0.15) is 11.6 Å². The van der Waals surface area contributed by atoms with Gasteiger partial charge in [-0.05, 0) is 78.1 Å². The maximum atomic E-state index is 14.2. The van der Waals surface area contributed by atoms with Gasteiger partial charge in [-0.3, -0.25) is 9.69 Å². The summed E-state index contributed by atoms with van der Waals surface area (Å²) in [7, 11) is 0. The summed E-state index contributed by atoms with van der Waals surface area (Å²) in [6.45, 7) is 8.34. The Kier molecular flexibility index (Phi) is 7.40. The molecule has 0 aromatic heterocycles. The molecule has 6 heteroatoms. The molecule has 0 radical (unpaired) electrons. The molecule has 4 aromatic carbocycles. The summed E-state index contributed by atoms with van der Waals surface area (Å²) in [5.74, 6) is 0.297. The zero-order valence-corrected chi connectivity index (χ0v) is 25.7. The zero-order chi connectivity index (χ0) is 30.5. The van der Waals surface area contributed by atoms with Crippen LogP contribution >= 0.6 is 11.8 Å². The molecule has 0 saturated heterocycles. The highest BCUT2D eigenvalue weighted by atomic mass is 32.2.